The molecule has 0 spiro atoms. The van der Waals surface area contributed by atoms with Crippen LogP contribution in [0.3, 0.4) is 0 Å². The number of ketones is 1. The van der Waals surface area contributed by atoms with Gasteiger partial charge in [0.2, 0.25) is 0 Å². The summed E-state index contributed by atoms with van der Waals surface area (Å²) in [4.78, 5) is 13.7. The molecule has 3 unspecified atom stereocenters. The summed E-state index contributed by atoms with van der Waals surface area (Å²) in [5.74, 6) is 1.29. The molecule has 2 heteroatoms. The summed E-state index contributed by atoms with van der Waals surface area (Å²) in [7, 11) is 0. The van der Waals surface area contributed by atoms with Gasteiger partial charge in [-0.25, -0.2) is 0 Å². The summed E-state index contributed by atoms with van der Waals surface area (Å²) in [6, 6.07) is 1.28. The summed E-state index contributed by atoms with van der Waals surface area (Å²) >= 11 is 0. The van der Waals surface area contributed by atoms with E-state index < -0.39 is 0 Å². The predicted octanol–water partition coefficient (Wildman–Crippen LogP) is 1.84. The Morgan fingerprint density at radius 3 is 2.62 bits per heavy atom. The van der Waals surface area contributed by atoms with Crippen molar-refractivity contribution in [2.24, 2.45) is 5.92 Å². The predicted molar refractivity (Wildman–Crippen MR) is 52.6 cm³/mol. The fourth-order valence-corrected chi connectivity index (χ4v) is 2.92. The number of likely N-dealkylation sites (tertiary alicyclic amines) is 1. The lowest BCUT2D eigenvalue weighted by molar-refractivity contribution is -0.117. The van der Waals surface area contributed by atoms with E-state index in [-0.39, 0.29) is 0 Å². The molecule has 3 atom stereocenters. The van der Waals surface area contributed by atoms with Gasteiger partial charge in [0.1, 0.15) is 5.78 Å². The van der Waals surface area contributed by atoms with Crippen LogP contribution in [0.1, 0.15) is 39.5 Å². The lowest BCUT2D eigenvalue weighted by Crippen LogP contribution is -2.36. The number of hydrogen-bond donors (Lipinski definition) is 0. The van der Waals surface area contributed by atoms with E-state index in [9.17, 15) is 4.79 Å². The second kappa shape index (κ2) is 3.41. The van der Waals surface area contributed by atoms with Crippen LogP contribution in [-0.2, 0) is 4.79 Å². The zero-order valence-electron chi connectivity index (χ0n) is 8.62. The average molecular weight is 181 g/mol. The SMILES string of the molecule is CC1CC(C)N(C2CCC(=O)C2)C1. The van der Waals surface area contributed by atoms with Crippen LogP contribution in [0.5, 0.6) is 0 Å². The molecule has 1 aliphatic carbocycles. The monoisotopic (exact) mass is 181 g/mol. The average Bonchev–Trinajstić information content (AvgIpc) is 2.58. The van der Waals surface area contributed by atoms with Gasteiger partial charge in [0, 0.05) is 31.5 Å². The molecule has 1 saturated heterocycles. The van der Waals surface area contributed by atoms with Crippen LogP contribution in [0, 0.1) is 5.92 Å². The van der Waals surface area contributed by atoms with E-state index in [1.807, 2.05) is 0 Å². The van der Waals surface area contributed by atoms with E-state index in [1.54, 1.807) is 0 Å². The molecule has 0 aromatic carbocycles. The Labute approximate surface area is 80.3 Å². The first-order valence-electron chi connectivity index (χ1n) is 5.44. The van der Waals surface area contributed by atoms with Crippen molar-refractivity contribution < 1.29 is 4.79 Å². The molecule has 0 aromatic heterocycles. The Bertz CT molecular complexity index is 214. The second-order valence-electron chi connectivity index (χ2n) is 4.82. The first-order chi connectivity index (χ1) is 6.16. The third kappa shape index (κ3) is 1.78. The van der Waals surface area contributed by atoms with Crippen LogP contribution in [-0.4, -0.2) is 29.3 Å². The third-order valence-corrected chi connectivity index (χ3v) is 3.52. The number of Topliss-reactive ketones (excluding diaryl/α,β-unsaturated/α-hetero) is 1. The van der Waals surface area contributed by atoms with Crippen LogP contribution in [0.2, 0.25) is 0 Å². The first kappa shape index (κ1) is 9.20. The van der Waals surface area contributed by atoms with Crippen molar-refractivity contribution in [1.29, 1.82) is 0 Å². The molecule has 1 saturated carbocycles. The number of hydrogen-bond acceptors (Lipinski definition) is 2. The molecule has 0 aromatic rings. The van der Waals surface area contributed by atoms with Crippen molar-refractivity contribution in [2.75, 3.05) is 6.54 Å². The minimum Gasteiger partial charge on any atom is -0.300 e. The van der Waals surface area contributed by atoms with E-state index in [2.05, 4.69) is 18.7 Å². The van der Waals surface area contributed by atoms with Gasteiger partial charge in [0.05, 0.1) is 0 Å². The van der Waals surface area contributed by atoms with Crippen LogP contribution in [0.25, 0.3) is 0 Å². The Kier molecular flexibility index (Phi) is 2.41. The summed E-state index contributed by atoms with van der Waals surface area (Å²) < 4.78 is 0. The van der Waals surface area contributed by atoms with E-state index in [0.29, 0.717) is 17.9 Å². The highest BCUT2D eigenvalue weighted by Crippen LogP contribution is 2.30. The maximum absolute atomic E-state index is 11.2. The van der Waals surface area contributed by atoms with Crippen molar-refractivity contribution in [1.82, 2.24) is 4.90 Å². The number of rotatable bonds is 1. The van der Waals surface area contributed by atoms with Gasteiger partial charge in [-0.1, -0.05) is 6.92 Å². The zero-order chi connectivity index (χ0) is 9.42. The second-order valence-corrected chi connectivity index (χ2v) is 4.82. The van der Waals surface area contributed by atoms with Crippen LogP contribution >= 0.6 is 0 Å². The standard InChI is InChI=1S/C11H19NO/c1-8-5-9(2)12(7-8)10-3-4-11(13)6-10/h8-10H,3-7H2,1-2H3. The molecular formula is C11H19NO. The first-order valence-corrected chi connectivity index (χ1v) is 5.44. The van der Waals surface area contributed by atoms with Crippen LogP contribution in [0.15, 0.2) is 0 Å². The Balaban J connectivity index is 1.97. The largest absolute Gasteiger partial charge is 0.300 e. The zero-order valence-corrected chi connectivity index (χ0v) is 8.62. The molecule has 0 N–H and O–H groups in total. The summed E-state index contributed by atoms with van der Waals surface area (Å²) in [5.41, 5.74) is 0. The molecule has 2 rings (SSSR count). The summed E-state index contributed by atoms with van der Waals surface area (Å²) in [6.07, 6.45) is 4.06. The quantitative estimate of drug-likeness (QED) is 0.615. The molecule has 0 amide bonds. The van der Waals surface area contributed by atoms with Crippen molar-refractivity contribution in [3.8, 4) is 0 Å². The minimum absolute atomic E-state index is 0.469. The van der Waals surface area contributed by atoms with Crippen LogP contribution in [0.4, 0.5) is 0 Å². The molecule has 13 heavy (non-hydrogen) atoms. The molecule has 2 aliphatic rings. The normalized spacial score (nSPS) is 41.7. The number of nitrogens with zero attached hydrogens (tertiary/aromatic N) is 1. The molecule has 0 bridgehead atoms. The topological polar surface area (TPSA) is 20.3 Å². The maximum atomic E-state index is 11.2. The summed E-state index contributed by atoms with van der Waals surface area (Å²) in [5, 5.41) is 0. The number of carbonyl (C=O) groups excluding carboxylic acids is 1. The van der Waals surface area contributed by atoms with Crippen molar-refractivity contribution in [2.45, 2.75) is 51.6 Å². The van der Waals surface area contributed by atoms with Gasteiger partial charge in [-0.05, 0) is 25.7 Å². The highest BCUT2D eigenvalue weighted by atomic mass is 16.1. The van der Waals surface area contributed by atoms with Gasteiger partial charge in [-0.3, -0.25) is 9.69 Å². The van der Waals surface area contributed by atoms with Gasteiger partial charge in [0.25, 0.3) is 0 Å². The van der Waals surface area contributed by atoms with Crippen molar-refractivity contribution >= 4 is 5.78 Å². The van der Waals surface area contributed by atoms with Gasteiger partial charge in [0.15, 0.2) is 0 Å². The lowest BCUT2D eigenvalue weighted by atomic mass is 10.1. The Hall–Kier alpha value is -0.370. The van der Waals surface area contributed by atoms with Gasteiger partial charge in [-0.2, -0.15) is 0 Å². The highest BCUT2D eigenvalue weighted by molar-refractivity contribution is 5.81. The number of carbonyl (C=O) groups is 1. The van der Waals surface area contributed by atoms with E-state index in [0.717, 1.165) is 25.2 Å². The molecule has 74 valence electrons. The highest BCUT2D eigenvalue weighted by Gasteiger charge is 2.35. The van der Waals surface area contributed by atoms with Crippen molar-refractivity contribution in [3.63, 3.8) is 0 Å². The summed E-state index contributed by atoms with van der Waals surface area (Å²) in [6.45, 7) is 5.82. The molecule has 2 nitrogen and oxygen atoms in total. The fourth-order valence-electron chi connectivity index (χ4n) is 2.92. The lowest BCUT2D eigenvalue weighted by Gasteiger charge is -2.27. The smallest absolute Gasteiger partial charge is 0.134 e. The van der Waals surface area contributed by atoms with Crippen LogP contribution < -0.4 is 0 Å². The van der Waals surface area contributed by atoms with E-state index in [4.69, 9.17) is 0 Å². The molecule has 2 fully saturated rings. The van der Waals surface area contributed by atoms with Crippen molar-refractivity contribution in [3.05, 3.63) is 0 Å². The van der Waals surface area contributed by atoms with E-state index in [1.165, 1.54) is 13.0 Å². The minimum atomic E-state index is 0.469. The molecule has 1 aliphatic heterocycles. The van der Waals surface area contributed by atoms with E-state index >= 15 is 0 Å². The molecule has 1 heterocycles. The third-order valence-electron chi connectivity index (χ3n) is 3.52. The fraction of sp³-hybridized carbons (Fsp3) is 0.909. The Morgan fingerprint density at radius 1 is 1.38 bits per heavy atom. The Morgan fingerprint density at radius 2 is 2.15 bits per heavy atom. The van der Waals surface area contributed by atoms with Gasteiger partial charge in [-0.15, -0.1) is 0 Å². The maximum Gasteiger partial charge on any atom is 0.134 e. The van der Waals surface area contributed by atoms with Gasteiger partial charge < -0.3 is 0 Å². The molecule has 0 radical (unpaired) electrons. The van der Waals surface area contributed by atoms with Gasteiger partial charge >= 0.3 is 0 Å². The molecular weight excluding hydrogens is 162 g/mol.